The van der Waals surface area contributed by atoms with Gasteiger partial charge in [0.25, 0.3) is 0 Å². The highest BCUT2D eigenvalue weighted by Crippen LogP contribution is 2.24. The summed E-state index contributed by atoms with van der Waals surface area (Å²) in [5.74, 6) is 0.274. The van der Waals surface area contributed by atoms with Gasteiger partial charge in [0.1, 0.15) is 11.5 Å². The van der Waals surface area contributed by atoms with Crippen LogP contribution < -0.4 is 9.47 Å². The molecule has 2 aromatic carbocycles. The molecular formula is C19H20F2O3. The van der Waals surface area contributed by atoms with Gasteiger partial charge in [-0.2, -0.15) is 8.78 Å². The maximum Gasteiger partial charge on any atom is 0.387 e. The standard InChI is InChI=1S/C19H20F2O3/c1-3-13(4-2)14-5-7-15(8-6-14)18(22)23-16-9-11-17(12-10-16)24-19(20)21/h5-13,19H,3-4H2,1-2H3. The summed E-state index contributed by atoms with van der Waals surface area (Å²) >= 11 is 0. The Bertz CT molecular complexity index is 647. The first-order chi connectivity index (χ1) is 11.5. The number of hydrogen-bond donors (Lipinski definition) is 0. The maximum atomic E-state index is 12.1. The first kappa shape index (κ1) is 17.9. The summed E-state index contributed by atoms with van der Waals surface area (Å²) in [6.45, 7) is 1.39. The molecular weight excluding hydrogens is 314 g/mol. The van der Waals surface area contributed by atoms with Crippen molar-refractivity contribution in [1.29, 1.82) is 0 Å². The second kappa shape index (κ2) is 8.43. The summed E-state index contributed by atoms with van der Waals surface area (Å²) in [6.07, 6.45) is 2.10. The zero-order chi connectivity index (χ0) is 17.5. The molecule has 0 bridgehead atoms. The van der Waals surface area contributed by atoms with Crippen molar-refractivity contribution in [3.8, 4) is 11.5 Å². The van der Waals surface area contributed by atoms with Gasteiger partial charge >= 0.3 is 12.6 Å². The van der Waals surface area contributed by atoms with Crippen LogP contribution in [0.5, 0.6) is 11.5 Å². The molecule has 0 amide bonds. The number of rotatable bonds is 7. The molecule has 2 rings (SSSR count). The molecule has 128 valence electrons. The molecule has 0 radical (unpaired) electrons. The van der Waals surface area contributed by atoms with Crippen LogP contribution in [0, 0.1) is 0 Å². The van der Waals surface area contributed by atoms with Crippen molar-refractivity contribution >= 4 is 5.97 Å². The Hall–Kier alpha value is -2.43. The van der Waals surface area contributed by atoms with Gasteiger partial charge in [-0.1, -0.05) is 26.0 Å². The lowest BCUT2D eigenvalue weighted by molar-refractivity contribution is -0.0498. The molecule has 0 saturated carbocycles. The van der Waals surface area contributed by atoms with E-state index in [1.54, 1.807) is 12.1 Å². The normalized spacial score (nSPS) is 10.9. The van der Waals surface area contributed by atoms with E-state index < -0.39 is 12.6 Å². The summed E-state index contributed by atoms with van der Waals surface area (Å²) in [6, 6.07) is 12.8. The molecule has 0 unspecified atom stereocenters. The molecule has 24 heavy (non-hydrogen) atoms. The van der Waals surface area contributed by atoms with Crippen LogP contribution in [0.1, 0.15) is 48.5 Å². The van der Waals surface area contributed by atoms with Crippen molar-refractivity contribution in [3.63, 3.8) is 0 Å². The molecule has 0 saturated heterocycles. The second-order valence-corrected chi connectivity index (χ2v) is 5.37. The number of halogens is 2. The van der Waals surface area contributed by atoms with Gasteiger partial charge in [0.15, 0.2) is 0 Å². The molecule has 0 aliphatic carbocycles. The van der Waals surface area contributed by atoms with E-state index in [0.29, 0.717) is 11.5 Å². The maximum absolute atomic E-state index is 12.1. The zero-order valence-electron chi connectivity index (χ0n) is 13.7. The predicted molar refractivity (Wildman–Crippen MR) is 87.8 cm³/mol. The number of benzene rings is 2. The van der Waals surface area contributed by atoms with Crippen LogP contribution in [-0.4, -0.2) is 12.6 Å². The van der Waals surface area contributed by atoms with E-state index in [1.807, 2.05) is 12.1 Å². The van der Waals surface area contributed by atoms with Gasteiger partial charge in [-0.25, -0.2) is 4.79 Å². The molecule has 3 nitrogen and oxygen atoms in total. The van der Waals surface area contributed by atoms with Crippen LogP contribution in [-0.2, 0) is 0 Å². The van der Waals surface area contributed by atoms with E-state index in [0.717, 1.165) is 12.8 Å². The van der Waals surface area contributed by atoms with E-state index >= 15 is 0 Å². The van der Waals surface area contributed by atoms with E-state index in [2.05, 4.69) is 18.6 Å². The quantitative estimate of drug-likeness (QED) is 0.501. The molecule has 0 aliphatic heterocycles. The molecule has 0 aromatic heterocycles. The van der Waals surface area contributed by atoms with Gasteiger partial charge in [0.2, 0.25) is 0 Å². The van der Waals surface area contributed by atoms with E-state index in [4.69, 9.17) is 4.74 Å². The molecule has 0 fully saturated rings. The smallest absolute Gasteiger partial charge is 0.387 e. The molecule has 0 atom stereocenters. The average Bonchev–Trinajstić information content (AvgIpc) is 2.58. The number of hydrogen-bond acceptors (Lipinski definition) is 3. The fourth-order valence-electron chi connectivity index (χ4n) is 2.51. The van der Waals surface area contributed by atoms with Crippen LogP contribution in [0.25, 0.3) is 0 Å². The molecule has 0 aliphatic rings. The minimum Gasteiger partial charge on any atom is -0.435 e. The third kappa shape index (κ3) is 4.78. The van der Waals surface area contributed by atoms with Crippen molar-refractivity contribution in [2.45, 2.75) is 39.2 Å². The van der Waals surface area contributed by atoms with Gasteiger partial charge in [-0.3, -0.25) is 0 Å². The number of carbonyl (C=O) groups is 1. The van der Waals surface area contributed by atoms with Gasteiger partial charge in [0, 0.05) is 0 Å². The summed E-state index contributed by atoms with van der Waals surface area (Å²) in [5, 5.41) is 0. The summed E-state index contributed by atoms with van der Waals surface area (Å²) in [5.41, 5.74) is 1.64. The van der Waals surface area contributed by atoms with Crippen LogP contribution in [0.15, 0.2) is 48.5 Å². The largest absolute Gasteiger partial charge is 0.435 e. The highest BCUT2D eigenvalue weighted by atomic mass is 19.3. The first-order valence-corrected chi connectivity index (χ1v) is 7.90. The third-order valence-electron chi connectivity index (χ3n) is 3.86. The Labute approximate surface area is 140 Å². The lowest BCUT2D eigenvalue weighted by atomic mass is 9.93. The first-order valence-electron chi connectivity index (χ1n) is 7.90. The van der Waals surface area contributed by atoms with Crippen molar-refractivity contribution < 1.29 is 23.0 Å². The minimum atomic E-state index is -2.88. The Kier molecular flexibility index (Phi) is 6.29. The van der Waals surface area contributed by atoms with Crippen LogP contribution in [0.3, 0.4) is 0 Å². The molecule has 0 heterocycles. The van der Waals surface area contributed by atoms with Gasteiger partial charge < -0.3 is 9.47 Å². The number of alkyl halides is 2. The summed E-state index contributed by atoms with van der Waals surface area (Å²) < 4.78 is 33.6. The van der Waals surface area contributed by atoms with Crippen LogP contribution in [0.4, 0.5) is 8.78 Å². The highest BCUT2D eigenvalue weighted by molar-refractivity contribution is 5.91. The second-order valence-electron chi connectivity index (χ2n) is 5.37. The minimum absolute atomic E-state index is 0.0133. The topological polar surface area (TPSA) is 35.5 Å². The average molecular weight is 334 g/mol. The van der Waals surface area contributed by atoms with Crippen molar-refractivity contribution in [2.75, 3.05) is 0 Å². The number of carbonyl (C=O) groups excluding carboxylic acids is 1. The molecule has 2 aromatic rings. The third-order valence-corrected chi connectivity index (χ3v) is 3.86. The molecule has 0 N–H and O–H groups in total. The van der Waals surface area contributed by atoms with Crippen molar-refractivity contribution in [1.82, 2.24) is 0 Å². The van der Waals surface area contributed by atoms with Gasteiger partial charge in [0.05, 0.1) is 5.56 Å². The monoisotopic (exact) mass is 334 g/mol. The van der Waals surface area contributed by atoms with Gasteiger partial charge in [-0.15, -0.1) is 0 Å². The Morgan fingerprint density at radius 3 is 1.96 bits per heavy atom. The van der Waals surface area contributed by atoms with Crippen LogP contribution >= 0.6 is 0 Å². The van der Waals surface area contributed by atoms with E-state index in [1.165, 1.54) is 29.8 Å². The Morgan fingerprint density at radius 1 is 0.917 bits per heavy atom. The van der Waals surface area contributed by atoms with Gasteiger partial charge in [-0.05, 0) is 60.7 Å². The predicted octanol–water partition coefficient (Wildman–Crippen LogP) is 5.41. The van der Waals surface area contributed by atoms with E-state index in [-0.39, 0.29) is 11.5 Å². The lowest BCUT2D eigenvalue weighted by Gasteiger charge is -2.13. The summed E-state index contributed by atoms with van der Waals surface area (Å²) in [7, 11) is 0. The van der Waals surface area contributed by atoms with Crippen LogP contribution in [0.2, 0.25) is 0 Å². The fraction of sp³-hybridized carbons (Fsp3) is 0.316. The van der Waals surface area contributed by atoms with Crippen molar-refractivity contribution in [2.24, 2.45) is 0 Å². The van der Waals surface area contributed by atoms with E-state index in [9.17, 15) is 13.6 Å². The molecule has 0 spiro atoms. The zero-order valence-corrected chi connectivity index (χ0v) is 13.7. The fourth-order valence-corrected chi connectivity index (χ4v) is 2.51. The highest BCUT2D eigenvalue weighted by Gasteiger charge is 2.12. The van der Waals surface area contributed by atoms with Crippen molar-refractivity contribution in [3.05, 3.63) is 59.7 Å². The lowest BCUT2D eigenvalue weighted by Crippen LogP contribution is -2.09. The Morgan fingerprint density at radius 2 is 1.46 bits per heavy atom. The Balaban J connectivity index is 2.01. The number of esters is 1. The SMILES string of the molecule is CCC(CC)c1ccc(C(=O)Oc2ccc(OC(F)F)cc2)cc1. The summed E-state index contributed by atoms with van der Waals surface area (Å²) in [4.78, 5) is 12.1. The number of ether oxygens (including phenoxy) is 2. The molecule has 5 heteroatoms.